The fourth-order valence-electron chi connectivity index (χ4n) is 0.689. The van der Waals surface area contributed by atoms with Crippen molar-refractivity contribution in [1.29, 1.82) is 0 Å². The van der Waals surface area contributed by atoms with E-state index in [4.69, 9.17) is 4.74 Å². The molecule has 0 saturated heterocycles. The van der Waals surface area contributed by atoms with E-state index in [0.717, 1.165) is 13.2 Å². The Morgan fingerprint density at radius 2 is 1.50 bits per heavy atom. The molecule has 0 unspecified atom stereocenters. The molecule has 4 heteroatoms. The van der Waals surface area contributed by atoms with Crippen molar-refractivity contribution in [3.05, 3.63) is 30.6 Å². The van der Waals surface area contributed by atoms with Gasteiger partial charge in [0.2, 0.25) is 0 Å². The van der Waals surface area contributed by atoms with Crippen LogP contribution < -0.4 is 28.5 Å². The van der Waals surface area contributed by atoms with Crippen molar-refractivity contribution in [2.45, 2.75) is 13.8 Å². The number of pyridine rings is 1. The Bertz CT molecular complexity index is 191. The first kappa shape index (κ1) is 20.1. The van der Waals surface area contributed by atoms with Gasteiger partial charge in [-0.1, -0.05) is 6.07 Å². The molecular formula is C10H20IMgNO. The van der Waals surface area contributed by atoms with Crippen LogP contribution in [-0.4, -0.2) is 36.3 Å². The standard InChI is InChI=1S/C6H8N.C4H10O.HI.Mg.2H/c1-7-5-3-2-4-6-7;1-3-5-4-2;;;;/h2-6H,1H3;3-4H2,1-2H3;1H;;;/q+1;;;+2;2*-1/p-1. The van der Waals surface area contributed by atoms with Crippen LogP contribution >= 0.6 is 0 Å². The van der Waals surface area contributed by atoms with Gasteiger partial charge in [0.15, 0.2) is 12.4 Å². The van der Waals surface area contributed by atoms with E-state index in [1.54, 1.807) is 0 Å². The summed E-state index contributed by atoms with van der Waals surface area (Å²) >= 11 is 0. The normalized spacial score (nSPS) is 7.36. The van der Waals surface area contributed by atoms with E-state index < -0.39 is 0 Å². The Kier molecular flexibility index (Phi) is 23.0. The molecule has 0 bridgehead atoms. The molecule has 0 amide bonds. The molecule has 1 aromatic heterocycles. The van der Waals surface area contributed by atoms with E-state index >= 15 is 0 Å². The number of rotatable bonds is 2. The third kappa shape index (κ3) is 15.1. The molecule has 0 spiro atoms. The van der Waals surface area contributed by atoms with Crippen molar-refractivity contribution in [3.63, 3.8) is 0 Å². The third-order valence-corrected chi connectivity index (χ3v) is 1.27. The van der Waals surface area contributed by atoms with Gasteiger partial charge in [0.25, 0.3) is 0 Å². The molecule has 0 atom stereocenters. The van der Waals surface area contributed by atoms with Gasteiger partial charge in [0, 0.05) is 25.3 Å². The summed E-state index contributed by atoms with van der Waals surface area (Å²) in [6.45, 7) is 5.67. The van der Waals surface area contributed by atoms with Crippen molar-refractivity contribution in [2.24, 2.45) is 7.05 Å². The molecule has 1 heterocycles. The van der Waals surface area contributed by atoms with Crippen LogP contribution in [0.5, 0.6) is 0 Å². The Morgan fingerprint density at radius 3 is 1.64 bits per heavy atom. The first-order chi connectivity index (χ1) is 5.81. The predicted molar refractivity (Wildman–Crippen MR) is 57.8 cm³/mol. The SMILES string of the molecule is CCOCC.C[n+]1ccccc1.[H-].[H-].[I-].[Mg+2]. The molecule has 80 valence electrons. The molecule has 1 rings (SSSR count). The summed E-state index contributed by atoms with van der Waals surface area (Å²) in [5.74, 6) is 0. The van der Waals surface area contributed by atoms with E-state index in [-0.39, 0.29) is 49.9 Å². The summed E-state index contributed by atoms with van der Waals surface area (Å²) in [4.78, 5) is 0. The monoisotopic (exact) mass is 321 g/mol. The van der Waals surface area contributed by atoms with Gasteiger partial charge in [0.1, 0.15) is 7.05 Å². The number of nitrogens with zero attached hydrogens (tertiary/aromatic N) is 1. The van der Waals surface area contributed by atoms with E-state index in [1.807, 2.05) is 56.1 Å². The van der Waals surface area contributed by atoms with Gasteiger partial charge in [-0.2, -0.15) is 0 Å². The van der Waals surface area contributed by atoms with E-state index in [9.17, 15) is 0 Å². The van der Waals surface area contributed by atoms with Crippen molar-refractivity contribution in [1.82, 2.24) is 0 Å². The molecule has 0 aromatic carbocycles. The molecular weight excluding hydrogens is 301 g/mol. The Balaban J connectivity index is -0.0000000419. The van der Waals surface area contributed by atoms with Crippen molar-refractivity contribution in [3.8, 4) is 0 Å². The first-order valence-corrected chi connectivity index (χ1v) is 4.29. The van der Waals surface area contributed by atoms with Crippen LogP contribution in [0.3, 0.4) is 0 Å². The molecule has 0 radical (unpaired) electrons. The maximum atomic E-state index is 4.83. The smallest absolute Gasteiger partial charge is 1.00 e. The van der Waals surface area contributed by atoms with Gasteiger partial charge in [-0.15, -0.1) is 0 Å². The van der Waals surface area contributed by atoms with Crippen LogP contribution in [0.4, 0.5) is 0 Å². The van der Waals surface area contributed by atoms with Gasteiger partial charge in [-0.25, -0.2) is 4.57 Å². The molecule has 0 aliphatic rings. The van der Waals surface area contributed by atoms with Crippen LogP contribution in [0.2, 0.25) is 0 Å². The van der Waals surface area contributed by atoms with Crippen LogP contribution in [0.15, 0.2) is 30.6 Å². The average Bonchev–Trinajstić information content (AvgIpc) is 2.08. The molecule has 0 aliphatic heterocycles. The zero-order valence-electron chi connectivity index (χ0n) is 11.2. The minimum absolute atomic E-state index is 0. The van der Waals surface area contributed by atoms with Gasteiger partial charge >= 0.3 is 23.1 Å². The second-order valence-corrected chi connectivity index (χ2v) is 2.32. The van der Waals surface area contributed by atoms with Gasteiger partial charge in [-0.3, -0.25) is 0 Å². The fraction of sp³-hybridized carbons (Fsp3) is 0.500. The molecule has 0 aliphatic carbocycles. The summed E-state index contributed by atoms with van der Waals surface area (Å²) in [7, 11) is 2.00. The number of aromatic nitrogens is 1. The molecule has 0 saturated carbocycles. The molecule has 14 heavy (non-hydrogen) atoms. The minimum atomic E-state index is 0. The largest absolute Gasteiger partial charge is 2.00 e. The van der Waals surface area contributed by atoms with Gasteiger partial charge in [-0.05, 0) is 13.8 Å². The molecule has 2 nitrogen and oxygen atoms in total. The van der Waals surface area contributed by atoms with Crippen LogP contribution in [-0.2, 0) is 11.8 Å². The summed E-state index contributed by atoms with van der Waals surface area (Å²) in [6.07, 6.45) is 4.00. The zero-order valence-corrected chi connectivity index (χ0v) is 12.8. The minimum Gasteiger partial charge on any atom is -1.00 e. The maximum absolute atomic E-state index is 4.83. The summed E-state index contributed by atoms with van der Waals surface area (Å²) in [6, 6.07) is 6.00. The number of hydrogen-bond donors (Lipinski definition) is 0. The number of halogens is 1. The Morgan fingerprint density at radius 1 is 1.07 bits per heavy atom. The topological polar surface area (TPSA) is 13.1 Å². The van der Waals surface area contributed by atoms with Crippen LogP contribution in [0.25, 0.3) is 0 Å². The van der Waals surface area contributed by atoms with Crippen LogP contribution in [0, 0.1) is 0 Å². The van der Waals surface area contributed by atoms with Gasteiger partial charge < -0.3 is 31.6 Å². The maximum Gasteiger partial charge on any atom is 2.00 e. The first-order valence-electron chi connectivity index (χ1n) is 4.29. The number of ether oxygens (including phenoxy) is 1. The van der Waals surface area contributed by atoms with Gasteiger partial charge in [0.05, 0.1) is 0 Å². The molecule has 1 aromatic rings. The van der Waals surface area contributed by atoms with Crippen molar-refractivity contribution < 1.29 is 36.1 Å². The summed E-state index contributed by atoms with van der Waals surface area (Å²) < 4.78 is 6.83. The van der Waals surface area contributed by atoms with Crippen molar-refractivity contribution >= 4 is 23.1 Å². The number of aryl methyl sites for hydroxylation is 1. The third-order valence-electron chi connectivity index (χ3n) is 1.27. The fourth-order valence-corrected chi connectivity index (χ4v) is 0.689. The summed E-state index contributed by atoms with van der Waals surface area (Å²) in [5, 5.41) is 0. The average molecular weight is 321 g/mol. The van der Waals surface area contributed by atoms with E-state index in [2.05, 4.69) is 0 Å². The van der Waals surface area contributed by atoms with Crippen LogP contribution in [0.1, 0.15) is 16.7 Å². The summed E-state index contributed by atoms with van der Waals surface area (Å²) in [5.41, 5.74) is 0. The van der Waals surface area contributed by atoms with E-state index in [0.29, 0.717) is 0 Å². The Hall–Kier alpha value is 0.606. The molecule has 0 N–H and O–H groups in total. The zero-order chi connectivity index (χ0) is 9.23. The quantitative estimate of drug-likeness (QED) is 0.363. The van der Waals surface area contributed by atoms with E-state index in [1.165, 1.54) is 0 Å². The van der Waals surface area contributed by atoms with Crippen molar-refractivity contribution in [2.75, 3.05) is 13.2 Å². The Labute approximate surface area is 123 Å². The second kappa shape index (κ2) is 16.1. The predicted octanol–water partition coefficient (Wildman–Crippen LogP) is -1.60. The molecule has 0 fully saturated rings. The number of hydrogen-bond acceptors (Lipinski definition) is 1. The second-order valence-electron chi connectivity index (χ2n) is 2.32.